The Morgan fingerprint density at radius 3 is 1.94 bits per heavy atom. The van der Waals surface area contributed by atoms with Crippen LogP contribution in [0.4, 0.5) is 0 Å². The topological polar surface area (TPSA) is 40.6 Å². The van der Waals surface area contributed by atoms with Crippen LogP contribution in [0.2, 0.25) is 0 Å². The van der Waals surface area contributed by atoms with Crippen molar-refractivity contribution in [1.82, 2.24) is 4.98 Å². The number of aromatic nitrogens is 1. The second-order valence-corrected chi connectivity index (χ2v) is 5.56. The highest BCUT2D eigenvalue weighted by atomic mass is 28.4. The summed E-state index contributed by atoms with van der Waals surface area (Å²) in [5, 5.41) is 0.778. The van der Waals surface area contributed by atoms with Crippen molar-refractivity contribution in [2.45, 2.75) is 20.8 Å². The molecule has 1 aromatic rings. The SMILES string of the molecule is CCO[Si](OCC)(OCC)c1ccccn1. The molecule has 0 fully saturated rings. The first-order valence-corrected chi connectivity index (χ1v) is 7.34. The summed E-state index contributed by atoms with van der Waals surface area (Å²) in [6, 6.07) is 5.68. The Kier molecular flexibility index (Phi) is 5.62. The first-order valence-electron chi connectivity index (χ1n) is 5.62. The van der Waals surface area contributed by atoms with Crippen molar-refractivity contribution in [3.05, 3.63) is 24.4 Å². The molecule has 0 saturated carbocycles. The van der Waals surface area contributed by atoms with E-state index in [1.807, 2.05) is 39.0 Å². The van der Waals surface area contributed by atoms with Crippen molar-refractivity contribution in [1.29, 1.82) is 0 Å². The van der Waals surface area contributed by atoms with Gasteiger partial charge in [-0.25, -0.2) is 0 Å². The number of nitrogens with zero attached hydrogens (tertiary/aromatic N) is 1. The third-order valence-electron chi connectivity index (χ3n) is 1.98. The average Bonchev–Trinajstić information content (AvgIpc) is 2.31. The van der Waals surface area contributed by atoms with Gasteiger partial charge in [-0.3, -0.25) is 4.98 Å². The minimum atomic E-state index is -2.78. The molecule has 5 heteroatoms. The molecule has 0 atom stereocenters. The van der Waals surface area contributed by atoms with E-state index in [1.54, 1.807) is 6.20 Å². The van der Waals surface area contributed by atoms with Crippen molar-refractivity contribution >= 4 is 14.1 Å². The average molecular weight is 241 g/mol. The molecular weight excluding hydrogens is 222 g/mol. The molecule has 0 aliphatic carbocycles. The van der Waals surface area contributed by atoms with Crippen LogP contribution in [0.15, 0.2) is 24.4 Å². The Morgan fingerprint density at radius 1 is 1.00 bits per heavy atom. The summed E-state index contributed by atoms with van der Waals surface area (Å²) in [5.41, 5.74) is 0. The second kappa shape index (κ2) is 6.75. The standard InChI is InChI=1S/C11H19NO3Si/c1-4-13-16(14-5-2,15-6-3)11-9-7-8-10-12-11/h7-10H,4-6H2,1-3H3. The van der Waals surface area contributed by atoms with Crippen LogP contribution in [0.5, 0.6) is 0 Å². The number of pyridine rings is 1. The Bertz CT molecular complexity index is 278. The van der Waals surface area contributed by atoms with Crippen molar-refractivity contribution in [2.75, 3.05) is 19.8 Å². The van der Waals surface area contributed by atoms with Crippen LogP contribution in [0.1, 0.15) is 20.8 Å². The van der Waals surface area contributed by atoms with Crippen LogP contribution in [0.25, 0.3) is 0 Å². The molecule has 1 aromatic heterocycles. The zero-order valence-electron chi connectivity index (χ0n) is 10.1. The number of hydrogen-bond donors (Lipinski definition) is 0. The molecule has 0 spiro atoms. The fraction of sp³-hybridized carbons (Fsp3) is 0.545. The zero-order chi connectivity index (χ0) is 11.9. The van der Waals surface area contributed by atoms with Crippen LogP contribution in [-0.4, -0.2) is 33.6 Å². The Labute approximate surface area is 97.9 Å². The first kappa shape index (κ1) is 13.3. The van der Waals surface area contributed by atoms with E-state index in [0.717, 1.165) is 5.32 Å². The maximum atomic E-state index is 5.73. The van der Waals surface area contributed by atoms with Gasteiger partial charge < -0.3 is 13.3 Å². The predicted octanol–water partition coefficient (Wildman–Crippen LogP) is 1.34. The van der Waals surface area contributed by atoms with E-state index in [1.165, 1.54) is 0 Å². The van der Waals surface area contributed by atoms with E-state index in [0.29, 0.717) is 19.8 Å². The van der Waals surface area contributed by atoms with Gasteiger partial charge in [-0.1, -0.05) is 6.07 Å². The smallest absolute Gasteiger partial charge is 0.369 e. The molecule has 4 nitrogen and oxygen atoms in total. The van der Waals surface area contributed by atoms with Crippen molar-refractivity contribution < 1.29 is 13.3 Å². The molecule has 0 unspecified atom stereocenters. The third-order valence-corrected chi connectivity index (χ3v) is 4.91. The normalized spacial score (nSPS) is 11.7. The summed E-state index contributed by atoms with van der Waals surface area (Å²) < 4.78 is 17.2. The zero-order valence-corrected chi connectivity index (χ0v) is 11.1. The molecule has 1 heterocycles. The lowest BCUT2D eigenvalue weighted by Gasteiger charge is -2.27. The van der Waals surface area contributed by atoms with Gasteiger partial charge in [0.05, 0.1) is 0 Å². The fourth-order valence-corrected chi connectivity index (χ4v) is 3.83. The summed E-state index contributed by atoms with van der Waals surface area (Å²) in [7, 11) is -2.78. The highest BCUT2D eigenvalue weighted by Gasteiger charge is 2.44. The minimum absolute atomic E-state index is 0.558. The molecule has 0 bridgehead atoms. The molecular formula is C11H19NO3Si. The number of rotatable bonds is 7. The van der Waals surface area contributed by atoms with Gasteiger partial charge in [-0.15, -0.1) is 0 Å². The van der Waals surface area contributed by atoms with Crippen LogP contribution in [0.3, 0.4) is 0 Å². The van der Waals surface area contributed by atoms with Crippen LogP contribution < -0.4 is 5.32 Å². The summed E-state index contributed by atoms with van der Waals surface area (Å²) in [5.74, 6) is 0. The molecule has 0 radical (unpaired) electrons. The first-order chi connectivity index (χ1) is 7.79. The van der Waals surface area contributed by atoms with Crippen LogP contribution >= 0.6 is 0 Å². The van der Waals surface area contributed by atoms with E-state index in [-0.39, 0.29) is 0 Å². The summed E-state index contributed by atoms with van der Waals surface area (Å²) in [4.78, 5) is 4.29. The van der Waals surface area contributed by atoms with Gasteiger partial charge in [-0.2, -0.15) is 0 Å². The number of hydrogen-bond acceptors (Lipinski definition) is 4. The predicted molar refractivity (Wildman–Crippen MR) is 64.5 cm³/mol. The Hall–Kier alpha value is -0.753. The highest BCUT2D eigenvalue weighted by Crippen LogP contribution is 2.09. The van der Waals surface area contributed by atoms with Gasteiger partial charge in [0.1, 0.15) is 5.32 Å². The van der Waals surface area contributed by atoms with Crippen molar-refractivity contribution in [2.24, 2.45) is 0 Å². The lowest BCUT2D eigenvalue weighted by Crippen LogP contribution is -2.58. The maximum Gasteiger partial charge on any atom is 0.556 e. The van der Waals surface area contributed by atoms with Gasteiger partial charge >= 0.3 is 8.80 Å². The monoisotopic (exact) mass is 241 g/mol. The molecule has 0 amide bonds. The Balaban J connectivity index is 2.99. The molecule has 0 aromatic carbocycles. The van der Waals surface area contributed by atoms with Gasteiger partial charge in [0.2, 0.25) is 0 Å². The highest BCUT2D eigenvalue weighted by molar-refractivity contribution is 6.74. The lowest BCUT2D eigenvalue weighted by molar-refractivity contribution is 0.0850. The molecule has 16 heavy (non-hydrogen) atoms. The maximum absolute atomic E-state index is 5.73. The molecule has 90 valence electrons. The quantitative estimate of drug-likeness (QED) is 0.675. The lowest BCUT2D eigenvalue weighted by atomic mass is 10.5. The summed E-state index contributed by atoms with van der Waals surface area (Å²) >= 11 is 0. The van der Waals surface area contributed by atoms with E-state index >= 15 is 0 Å². The third kappa shape index (κ3) is 3.12. The van der Waals surface area contributed by atoms with Gasteiger partial charge in [0.25, 0.3) is 0 Å². The molecule has 0 saturated heterocycles. The minimum Gasteiger partial charge on any atom is -0.369 e. The second-order valence-electron chi connectivity index (χ2n) is 3.07. The van der Waals surface area contributed by atoms with Crippen molar-refractivity contribution in [3.8, 4) is 0 Å². The summed E-state index contributed by atoms with van der Waals surface area (Å²) in [6.07, 6.45) is 1.73. The van der Waals surface area contributed by atoms with E-state index < -0.39 is 8.80 Å². The van der Waals surface area contributed by atoms with E-state index in [9.17, 15) is 0 Å². The summed E-state index contributed by atoms with van der Waals surface area (Å²) in [6.45, 7) is 7.47. The molecule has 0 N–H and O–H groups in total. The van der Waals surface area contributed by atoms with E-state index in [2.05, 4.69) is 4.98 Å². The fourth-order valence-electron chi connectivity index (χ4n) is 1.46. The Morgan fingerprint density at radius 2 is 1.56 bits per heavy atom. The van der Waals surface area contributed by atoms with Gasteiger partial charge in [0.15, 0.2) is 0 Å². The van der Waals surface area contributed by atoms with Crippen molar-refractivity contribution in [3.63, 3.8) is 0 Å². The van der Waals surface area contributed by atoms with E-state index in [4.69, 9.17) is 13.3 Å². The molecule has 0 aliphatic heterocycles. The molecule has 0 aliphatic rings. The largest absolute Gasteiger partial charge is 0.556 e. The van der Waals surface area contributed by atoms with Gasteiger partial charge in [0, 0.05) is 26.0 Å². The van der Waals surface area contributed by atoms with Gasteiger partial charge in [-0.05, 0) is 32.9 Å². The molecule has 1 rings (SSSR count). The van der Waals surface area contributed by atoms with Crippen LogP contribution in [-0.2, 0) is 13.3 Å². The van der Waals surface area contributed by atoms with Crippen LogP contribution in [0, 0.1) is 0 Å².